The maximum absolute atomic E-state index is 6.07. The Bertz CT molecular complexity index is 429. The second-order valence-corrected chi connectivity index (χ2v) is 5.70. The number of pyridine rings is 1. The van der Waals surface area contributed by atoms with Crippen LogP contribution in [-0.4, -0.2) is 41.2 Å². The van der Waals surface area contributed by atoms with Crippen molar-refractivity contribution in [3.05, 3.63) is 29.6 Å². The topological polar surface area (TPSA) is 51.4 Å². The van der Waals surface area contributed by atoms with Crippen molar-refractivity contribution in [2.24, 2.45) is 5.73 Å². The Morgan fingerprint density at radius 2 is 2.15 bits per heavy atom. The standard InChI is InChI=1S/C16H27N3O/c1-4-19(11-14-8-6-7-13(3)18-14)16(12-17)9-15(10-16)20-5-2/h6-8,15H,4-5,9-12,17H2,1-3H3. The van der Waals surface area contributed by atoms with Gasteiger partial charge in [0.1, 0.15) is 0 Å². The Balaban J connectivity index is 2.04. The normalized spacial score (nSPS) is 25.8. The zero-order valence-corrected chi connectivity index (χ0v) is 12.9. The molecule has 0 spiro atoms. The lowest BCUT2D eigenvalue weighted by Gasteiger charge is -2.53. The molecule has 1 aromatic heterocycles. The van der Waals surface area contributed by atoms with Gasteiger partial charge in [-0.25, -0.2) is 0 Å². The molecule has 20 heavy (non-hydrogen) atoms. The lowest BCUT2D eigenvalue weighted by atomic mass is 9.72. The van der Waals surface area contributed by atoms with Gasteiger partial charge in [-0.2, -0.15) is 0 Å². The Labute approximate surface area is 122 Å². The third-order valence-corrected chi connectivity index (χ3v) is 4.35. The van der Waals surface area contributed by atoms with E-state index in [2.05, 4.69) is 35.9 Å². The van der Waals surface area contributed by atoms with Gasteiger partial charge in [-0.15, -0.1) is 0 Å². The van der Waals surface area contributed by atoms with E-state index in [1.54, 1.807) is 0 Å². The van der Waals surface area contributed by atoms with Gasteiger partial charge in [-0.05, 0) is 45.4 Å². The number of rotatable bonds is 7. The Hall–Kier alpha value is -0.970. The summed E-state index contributed by atoms with van der Waals surface area (Å²) in [4.78, 5) is 7.07. The SMILES string of the molecule is CCOC1CC(CN)(N(CC)Cc2cccc(C)n2)C1. The largest absolute Gasteiger partial charge is 0.378 e. The molecule has 112 valence electrons. The molecule has 1 saturated carbocycles. The van der Waals surface area contributed by atoms with E-state index in [4.69, 9.17) is 10.5 Å². The van der Waals surface area contributed by atoms with Gasteiger partial charge in [0.15, 0.2) is 0 Å². The zero-order chi connectivity index (χ0) is 14.6. The molecule has 0 amide bonds. The van der Waals surface area contributed by atoms with E-state index >= 15 is 0 Å². The van der Waals surface area contributed by atoms with E-state index in [0.717, 1.165) is 43.9 Å². The van der Waals surface area contributed by atoms with Gasteiger partial charge in [0, 0.05) is 30.9 Å². The van der Waals surface area contributed by atoms with Gasteiger partial charge in [-0.3, -0.25) is 9.88 Å². The van der Waals surface area contributed by atoms with Crippen LogP contribution in [0.25, 0.3) is 0 Å². The number of hydrogen-bond donors (Lipinski definition) is 1. The molecule has 0 aliphatic heterocycles. The zero-order valence-electron chi connectivity index (χ0n) is 12.9. The van der Waals surface area contributed by atoms with Crippen LogP contribution in [0.2, 0.25) is 0 Å². The first-order valence-electron chi connectivity index (χ1n) is 7.62. The predicted octanol–water partition coefficient (Wildman–Crippen LogP) is 2.11. The van der Waals surface area contributed by atoms with Crippen LogP contribution in [0.15, 0.2) is 18.2 Å². The van der Waals surface area contributed by atoms with Crippen LogP contribution < -0.4 is 5.73 Å². The van der Waals surface area contributed by atoms with Gasteiger partial charge in [0.2, 0.25) is 0 Å². The Morgan fingerprint density at radius 1 is 1.40 bits per heavy atom. The summed E-state index contributed by atoms with van der Waals surface area (Å²) in [5, 5.41) is 0. The molecule has 0 aromatic carbocycles. The number of aromatic nitrogens is 1. The monoisotopic (exact) mass is 277 g/mol. The molecular formula is C16H27N3O. The predicted molar refractivity (Wildman–Crippen MR) is 81.5 cm³/mol. The molecule has 1 fully saturated rings. The smallest absolute Gasteiger partial charge is 0.0611 e. The first-order chi connectivity index (χ1) is 9.63. The van der Waals surface area contributed by atoms with Crippen LogP contribution >= 0.6 is 0 Å². The van der Waals surface area contributed by atoms with Gasteiger partial charge in [0.25, 0.3) is 0 Å². The molecule has 0 radical (unpaired) electrons. The number of ether oxygens (including phenoxy) is 1. The summed E-state index contributed by atoms with van der Waals surface area (Å²) in [5.74, 6) is 0. The van der Waals surface area contributed by atoms with E-state index < -0.39 is 0 Å². The van der Waals surface area contributed by atoms with Gasteiger partial charge < -0.3 is 10.5 Å². The van der Waals surface area contributed by atoms with E-state index in [-0.39, 0.29) is 5.54 Å². The summed E-state index contributed by atoms with van der Waals surface area (Å²) in [7, 11) is 0. The molecule has 0 saturated heterocycles. The number of likely N-dealkylation sites (N-methyl/N-ethyl adjacent to an activating group) is 1. The maximum Gasteiger partial charge on any atom is 0.0611 e. The molecule has 1 aromatic rings. The average Bonchev–Trinajstić information content (AvgIpc) is 2.40. The molecule has 0 bridgehead atoms. The van der Waals surface area contributed by atoms with E-state index in [9.17, 15) is 0 Å². The molecule has 4 heteroatoms. The fourth-order valence-corrected chi connectivity index (χ4v) is 3.19. The molecule has 4 nitrogen and oxygen atoms in total. The van der Waals surface area contributed by atoms with E-state index in [1.807, 2.05) is 13.0 Å². The minimum Gasteiger partial charge on any atom is -0.378 e. The highest BCUT2D eigenvalue weighted by molar-refractivity contribution is 5.12. The number of nitrogens with two attached hydrogens (primary N) is 1. The Morgan fingerprint density at radius 3 is 2.70 bits per heavy atom. The van der Waals surface area contributed by atoms with Gasteiger partial charge in [-0.1, -0.05) is 13.0 Å². The van der Waals surface area contributed by atoms with Gasteiger partial charge in [0.05, 0.1) is 11.8 Å². The van der Waals surface area contributed by atoms with Crippen molar-refractivity contribution in [2.75, 3.05) is 19.7 Å². The Kier molecular flexibility index (Phi) is 5.13. The van der Waals surface area contributed by atoms with Crippen LogP contribution in [0, 0.1) is 6.92 Å². The third-order valence-electron chi connectivity index (χ3n) is 4.35. The van der Waals surface area contributed by atoms with Crippen LogP contribution in [0.4, 0.5) is 0 Å². The molecule has 1 aliphatic carbocycles. The van der Waals surface area contributed by atoms with Crippen molar-refractivity contribution in [1.29, 1.82) is 0 Å². The van der Waals surface area contributed by atoms with Crippen molar-refractivity contribution < 1.29 is 4.74 Å². The number of aryl methyl sites for hydroxylation is 1. The van der Waals surface area contributed by atoms with Crippen molar-refractivity contribution in [1.82, 2.24) is 9.88 Å². The summed E-state index contributed by atoms with van der Waals surface area (Å²) in [6.07, 6.45) is 2.46. The quantitative estimate of drug-likeness (QED) is 0.829. The highest BCUT2D eigenvalue weighted by Crippen LogP contribution is 2.39. The number of nitrogens with zero attached hydrogens (tertiary/aromatic N) is 2. The minimum atomic E-state index is 0.0972. The highest BCUT2D eigenvalue weighted by atomic mass is 16.5. The highest BCUT2D eigenvalue weighted by Gasteiger charge is 2.47. The summed E-state index contributed by atoms with van der Waals surface area (Å²) in [6, 6.07) is 6.20. The number of hydrogen-bond acceptors (Lipinski definition) is 4. The van der Waals surface area contributed by atoms with Gasteiger partial charge >= 0.3 is 0 Å². The van der Waals surface area contributed by atoms with Crippen molar-refractivity contribution in [3.8, 4) is 0 Å². The molecule has 0 atom stereocenters. The fourth-order valence-electron chi connectivity index (χ4n) is 3.19. The third kappa shape index (κ3) is 3.19. The second kappa shape index (κ2) is 6.66. The van der Waals surface area contributed by atoms with Crippen molar-refractivity contribution in [3.63, 3.8) is 0 Å². The molecule has 2 rings (SSSR count). The van der Waals surface area contributed by atoms with E-state index in [0.29, 0.717) is 12.6 Å². The summed E-state index contributed by atoms with van der Waals surface area (Å²) >= 11 is 0. The van der Waals surface area contributed by atoms with Crippen LogP contribution in [0.3, 0.4) is 0 Å². The molecular weight excluding hydrogens is 250 g/mol. The molecule has 2 N–H and O–H groups in total. The van der Waals surface area contributed by atoms with Crippen molar-refractivity contribution >= 4 is 0 Å². The first-order valence-corrected chi connectivity index (χ1v) is 7.62. The molecule has 1 heterocycles. The van der Waals surface area contributed by atoms with E-state index in [1.165, 1.54) is 0 Å². The lowest BCUT2D eigenvalue weighted by molar-refractivity contribution is -0.102. The molecule has 0 unspecified atom stereocenters. The minimum absolute atomic E-state index is 0.0972. The maximum atomic E-state index is 6.07. The second-order valence-electron chi connectivity index (χ2n) is 5.70. The summed E-state index contributed by atoms with van der Waals surface area (Å²) in [6.45, 7) is 9.62. The van der Waals surface area contributed by atoms with Crippen molar-refractivity contribution in [2.45, 2.75) is 51.8 Å². The first kappa shape index (κ1) is 15.4. The van der Waals surface area contributed by atoms with Crippen LogP contribution in [0.5, 0.6) is 0 Å². The summed E-state index contributed by atoms with van der Waals surface area (Å²) < 4.78 is 5.70. The summed E-state index contributed by atoms with van der Waals surface area (Å²) in [5.41, 5.74) is 8.36. The van der Waals surface area contributed by atoms with Crippen LogP contribution in [0.1, 0.15) is 38.1 Å². The average molecular weight is 277 g/mol. The van der Waals surface area contributed by atoms with Crippen LogP contribution in [-0.2, 0) is 11.3 Å². The lowest BCUT2D eigenvalue weighted by Crippen LogP contribution is -2.63. The molecule has 1 aliphatic rings. The fraction of sp³-hybridized carbons (Fsp3) is 0.688.